The van der Waals surface area contributed by atoms with E-state index in [-0.39, 0.29) is 44.7 Å². The van der Waals surface area contributed by atoms with Gasteiger partial charge < -0.3 is 47.5 Å². The summed E-state index contributed by atoms with van der Waals surface area (Å²) in [7, 11) is 7.78. The van der Waals surface area contributed by atoms with Crippen LogP contribution in [0.1, 0.15) is 20.3 Å². The van der Waals surface area contributed by atoms with Crippen molar-refractivity contribution in [3.05, 3.63) is 0 Å². The third-order valence-corrected chi connectivity index (χ3v) is 6.52. The highest BCUT2D eigenvalue weighted by molar-refractivity contribution is 6.07. The molecule has 0 aromatic carbocycles. The van der Waals surface area contributed by atoms with Crippen molar-refractivity contribution in [2.45, 2.75) is 57.1 Å². The van der Waals surface area contributed by atoms with Crippen molar-refractivity contribution in [2.24, 2.45) is 11.8 Å². The van der Waals surface area contributed by atoms with Crippen molar-refractivity contribution in [2.75, 3.05) is 75.4 Å². The normalized spacial score (nSPS) is 31.9. The Kier molecular flexibility index (Phi) is 13.7. The molecule has 8 atom stereocenters. The summed E-state index contributed by atoms with van der Waals surface area (Å²) in [4.78, 5) is 28.1. The van der Waals surface area contributed by atoms with Gasteiger partial charge in [-0.3, -0.25) is 9.59 Å². The molecule has 0 spiro atoms. The zero-order valence-electron chi connectivity index (χ0n) is 22.5. The molecule has 1 saturated carbocycles. The van der Waals surface area contributed by atoms with E-state index < -0.39 is 42.4 Å². The number of carbonyl (C=O) groups excluding carboxylic acids is 2. The molecule has 210 valence electrons. The number of likely N-dealkylation sites (N-methyl/N-ethyl adjacent to an activating group) is 1. The Hall–Kier alpha value is -1.22. The summed E-state index contributed by atoms with van der Waals surface area (Å²) in [5, 5.41) is 0. The largest absolute Gasteiger partial charge is 0.376 e. The molecule has 12 nitrogen and oxygen atoms in total. The maximum atomic E-state index is 13.7. The lowest BCUT2D eigenvalue weighted by molar-refractivity contribution is -0.174. The average molecular weight is 522 g/mol. The topological polar surface area (TPSA) is 120 Å². The number of carbonyl (C=O) groups is 2. The van der Waals surface area contributed by atoms with Gasteiger partial charge in [-0.1, -0.05) is 0 Å². The van der Waals surface area contributed by atoms with Crippen LogP contribution in [0, 0.1) is 11.8 Å². The van der Waals surface area contributed by atoms with E-state index in [1.54, 1.807) is 21.3 Å². The summed E-state index contributed by atoms with van der Waals surface area (Å²) in [6.45, 7) is 4.97. The maximum Gasteiger partial charge on any atom is 0.259 e. The highest BCUT2D eigenvalue weighted by Gasteiger charge is 2.59. The minimum Gasteiger partial charge on any atom is -0.376 e. The number of hydrogen-bond donors (Lipinski definition) is 0. The Morgan fingerprint density at radius 1 is 0.861 bits per heavy atom. The molecule has 4 unspecified atom stereocenters. The number of amides is 1. The second-order valence-corrected chi connectivity index (χ2v) is 8.78. The minimum atomic E-state index is -1.23. The number of ketones is 1. The van der Waals surface area contributed by atoms with Gasteiger partial charge >= 0.3 is 0 Å². The van der Waals surface area contributed by atoms with Gasteiger partial charge in [-0.05, 0) is 20.3 Å². The van der Waals surface area contributed by atoms with Crippen LogP contribution in [0.15, 0.2) is 0 Å². The Labute approximate surface area is 213 Å². The standard InChI is InChI=1S/C24H43NO11/c1-8-32-15(2)33-10-9-11-34-21-18(26)16(12-25(3)24(21)27)17-19(35-13-28-4)22(30-6)23(31-7)20(17)36-14-29-5/h15-17,19-23H,8-14H2,1-7H3/t15?,16?,17?,19-,20+,21?,22-,23+. The molecule has 1 amide bonds. The zero-order valence-corrected chi connectivity index (χ0v) is 22.5. The highest BCUT2D eigenvalue weighted by atomic mass is 16.7. The van der Waals surface area contributed by atoms with Crippen LogP contribution in [0.5, 0.6) is 0 Å². The van der Waals surface area contributed by atoms with E-state index >= 15 is 0 Å². The SMILES string of the molecule is CCOC(C)OCCCOC1C(=O)C(C2[C@@H](OCOC)[C@@H](OC)[C@@H](OC)[C@H]2OCOC)CN(C)C1=O. The number of piperidine rings is 1. The van der Waals surface area contributed by atoms with E-state index in [2.05, 4.69) is 0 Å². The molecule has 2 aliphatic rings. The van der Waals surface area contributed by atoms with Crippen LogP contribution in [-0.4, -0.2) is 129 Å². The summed E-state index contributed by atoms with van der Waals surface area (Å²) >= 11 is 0. The fourth-order valence-electron chi connectivity index (χ4n) is 4.95. The number of nitrogens with zero attached hydrogens (tertiary/aromatic N) is 1. The van der Waals surface area contributed by atoms with Crippen LogP contribution in [0.2, 0.25) is 0 Å². The fourth-order valence-corrected chi connectivity index (χ4v) is 4.95. The second-order valence-electron chi connectivity index (χ2n) is 8.78. The van der Waals surface area contributed by atoms with E-state index in [0.717, 1.165) is 0 Å². The van der Waals surface area contributed by atoms with Crippen LogP contribution in [0.25, 0.3) is 0 Å². The van der Waals surface area contributed by atoms with E-state index in [0.29, 0.717) is 19.6 Å². The molecule has 1 saturated heterocycles. The predicted molar refractivity (Wildman–Crippen MR) is 126 cm³/mol. The predicted octanol–water partition coefficient (Wildman–Crippen LogP) is 0.456. The highest BCUT2D eigenvalue weighted by Crippen LogP contribution is 2.42. The molecule has 1 aliphatic heterocycles. The van der Waals surface area contributed by atoms with Gasteiger partial charge in [0.1, 0.15) is 25.8 Å². The Balaban J connectivity index is 2.20. The minimum absolute atomic E-state index is 0.00969. The van der Waals surface area contributed by atoms with Gasteiger partial charge in [0.05, 0.1) is 25.4 Å². The molecular weight excluding hydrogens is 478 g/mol. The van der Waals surface area contributed by atoms with Crippen molar-refractivity contribution in [3.63, 3.8) is 0 Å². The number of methoxy groups -OCH3 is 4. The lowest BCUT2D eigenvalue weighted by atomic mass is 9.79. The summed E-state index contributed by atoms with van der Waals surface area (Å²) in [5.41, 5.74) is 0. The molecule has 36 heavy (non-hydrogen) atoms. The van der Waals surface area contributed by atoms with Gasteiger partial charge in [-0.25, -0.2) is 0 Å². The molecule has 0 N–H and O–H groups in total. The zero-order chi connectivity index (χ0) is 26.7. The van der Waals surface area contributed by atoms with Gasteiger partial charge in [-0.15, -0.1) is 0 Å². The first-order valence-electron chi connectivity index (χ1n) is 12.3. The van der Waals surface area contributed by atoms with Crippen molar-refractivity contribution in [3.8, 4) is 0 Å². The smallest absolute Gasteiger partial charge is 0.259 e. The van der Waals surface area contributed by atoms with E-state index in [1.807, 2.05) is 13.8 Å². The number of hydrogen-bond acceptors (Lipinski definition) is 11. The maximum absolute atomic E-state index is 13.7. The van der Waals surface area contributed by atoms with E-state index in [9.17, 15) is 9.59 Å². The molecular formula is C24H43NO11. The number of likely N-dealkylation sites (tertiary alicyclic amines) is 1. The third kappa shape index (κ3) is 7.65. The summed E-state index contributed by atoms with van der Waals surface area (Å²) < 4.78 is 50.3. The van der Waals surface area contributed by atoms with Crippen molar-refractivity contribution >= 4 is 11.7 Å². The van der Waals surface area contributed by atoms with Gasteiger partial charge in [0.2, 0.25) is 0 Å². The Morgan fingerprint density at radius 2 is 1.44 bits per heavy atom. The van der Waals surface area contributed by atoms with Crippen molar-refractivity contribution < 1.29 is 52.2 Å². The summed E-state index contributed by atoms with van der Waals surface area (Å²) in [6, 6.07) is 0. The third-order valence-electron chi connectivity index (χ3n) is 6.52. The molecule has 2 fully saturated rings. The van der Waals surface area contributed by atoms with Crippen molar-refractivity contribution in [1.29, 1.82) is 0 Å². The molecule has 2 rings (SSSR count). The Bertz CT molecular complexity index is 644. The lowest BCUT2D eigenvalue weighted by Crippen LogP contribution is -2.58. The van der Waals surface area contributed by atoms with E-state index in [1.165, 1.54) is 19.1 Å². The van der Waals surface area contributed by atoms with Crippen molar-refractivity contribution in [1.82, 2.24) is 4.90 Å². The van der Waals surface area contributed by atoms with Gasteiger partial charge in [-0.2, -0.15) is 0 Å². The number of rotatable bonds is 17. The number of ether oxygens (including phenoxy) is 9. The van der Waals surface area contributed by atoms with Crippen LogP contribution < -0.4 is 0 Å². The first kappa shape index (κ1) is 31.0. The van der Waals surface area contributed by atoms with Gasteiger partial charge in [0.15, 0.2) is 18.2 Å². The van der Waals surface area contributed by atoms with Crippen LogP contribution in [0.4, 0.5) is 0 Å². The van der Waals surface area contributed by atoms with Crippen LogP contribution in [0.3, 0.4) is 0 Å². The van der Waals surface area contributed by atoms with E-state index in [4.69, 9.17) is 42.6 Å². The first-order valence-corrected chi connectivity index (χ1v) is 12.3. The quantitative estimate of drug-likeness (QED) is 0.151. The molecule has 0 radical (unpaired) electrons. The number of Topliss-reactive ketones (excluding diaryl/α,β-unsaturated/α-hetero) is 1. The Morgan fingerprint density at radius 3 is 1.94 bits per heavy atom. The molecule has 0 aromatic rings. The van der Waals surface area contributed by atoms with Crippen LogP contribution in [-0.2, 0) is 52.2 Å². The first-order chi connectivity index (χ1) is 17.4. The fraction of sp³-hybridized carbons (Fsp3) is 0.917. The van der Waals surface area contributed by atoms with Gasteiger partial charge in [0.25, 0.3) is 5.91 Å². The molecule has 1 heterocycles. The lowest BCUT2D eigenvalue weighted by Gasteiger charge is -2.39. The molecule has 12 heteroatoms. The monoisotopic (exact) mass is 521 g/mol. The molecule has 1 aliphatic carbocycles. The molecule has 0 aromatic heterocycles. The second kappa shape index (κ2) is 15.9. The average Bonchev–Trinajstić information content (AvgIpc) is 3.17. The van der Waals surface area contributed by atoms with Crippen LogP contribution >= 0.6 is 0 Å². The van der Waals surface area contributed by atoms with Gasteiger partial charge in [0, 0.05) is 60.5 Å². The molecule has 0 bridgehead atoms. The summed E-state index contributed by atoms with van der Waals surface area (Å²) in [6.07, 6.45) is -3.30. The summed E-state index contributed by atoms with van der Waals surface area (Å²) in [5.74, 6) is -1.85.